The van der Waals surface area contributed by atoms with Crippen LogP contribution in [0.2, 0.25) is 0 Å². The molecule has 0 atom stereocenters. The van der Waals surface area contributed by atoms with E-state index in [0.29, 0.717) is 11.4 Å². The Morgan fingerprint density at radius 1 is 0.917 bits per heavy atom. The third kappa shape index (κ3) is 3.21. The second-order valence-electron chi connectivity index (χ2n) is 6.21. The fourth-order valence-corrected chi connectivity index (χ4v) is 4.06. The first kappa shape index (κ1) is 16.7. The number of nitrogens with zero attached hydrogens (tertiary/aromatic N) is 1. The van der Waals surface area contributed by atoms with Crippen molar-refractivity contribution < 1.29 is 8.42 Å². The summed E-state index contributed by atoms with van der Waals surface area (Å²) in [4.78, 5) is 0.327. The molecule has 0 spiro atoms. The molecule has 0 fully saturated rings. The summed E-state index contributed by atoms with van der Waals surface area (Å²) < 4.78 is 26.8. The summed E-state index contributed by atoms with van der Waals surface area (Å²) >= 11 is 0. The number of sulfonamides is 1. The normalized spacial score (nSPS) is 12.0. The predicted octanol–water partition coefficient (Wildman–Crippen LogP) is 4.28. The fraction of sp³-hybridized carbons (Fsp3) is 0.200. The minimum Gasteiger partial charge on any atom is -0.207 e. The summed E-state index contributed by atoms with van der Waals surface area (Å²) in [5, 5.41) is 2.33. The second-order valence-corrected chi connectivity index (χ2v) is 8.25. The maximum atomic E-state index is 12.7. The van der Waals surface area contributed by atoms with Gasteiger partial charge in [-0.2, -0.15) is 4.31 Å². The molecule has 0 radical (unpaired) electrons. The maximum Gasteiger partial charge on any atom is 0.243 e. The minimum atomic E-state index is -3.49. The zero-order chi connectivity index (χ0) is 17.3. The molecule has 3 aromatic rings. The molecule has 0 heterocycles. The number of fused-ring (bicyclic) bond motifs is 1. The van der Waals surface area contributed by atoms with Gasteiger partial charge >= 0.3 is 0 Å². The van der Waals surface area contributed by atoms with Crippen LogP contribution in [0.1, 0.15) is 16.7 Å². The highest BCUT2D eigenvalue weighted by atomic mass is 32.2. The number of hydrogen-bond donors (Lipinski definition) is 0. The number of benzene rings is 3. The molecule has 0 bridgehead atoms. The van der Waals surface area contributed by atoms with E-state index in [4.69, 9.17) is 0 Å². The van der Waals surface area contributed by atoms with Crippen LogP contribution in [0, 0.1) is 13.8 Å². The smallest absolute Gasteiger partial charge is 0.207 e. The zero-order valence-electron chi connectivity index (χ0n) is 14.2. The van der Waals surface area contributed by atoms with E-state index in [1.165, 1.54) is 9.69 Å². The summed E-state index contributed by atoms with van der Waals surface area (Å²) in [6.45, 7) is 4.35. The van der Waals surface area contributed by atoms with Crippen LogP contribution in [0.3, 0.4) is 0 Å². The van der Waals surface area contributed by atoms with Crippen LogP contribution in [0.25, 0.3) is 10.8 Å². The van der Waals surface area contributed by atoms with Crippen LogP contribution in [0.5, 0.6) is 0 Å². The quantitative estimate of drug-likeness (QED) is 0.711. The Bertz CT molecular complexity index is 976. The summed E-state index contributed by atoms with van der Waals surface area (Å²) in [5.41, 5.74) is 3.19. The molecule has 0 aromatic heterocycles. The van der Waals surface area contributed by atoms with Gasteiger partial charge in [-0.3, -0.25) is 0 Å². The summed E-state index contributed by atoms with van der Waals surface area (Å²) in [6, 6.07) is 19.2. The van der Waals surface area contributed by atoms with Crippen molar-refractivity contribution in [3.8, 4) is 0 Å². The van der Waals surface area contributed by atoms with E-state index in [1.807, 2.05) is 31.2 Å². The van der Waals surface area contributed by atoms with Crippen molar-refractivity contribution in [2.24, 2.45) is 0 Å². The Morgan fingerprint density at radius 2 is 1.58 bits per heavy atom. The first-order valence-electron chi connectivity index (χ1n) is 7.89. The average molecular weight is 339 g/mol. The Morgan fingerprint density at radius 3 is 2.29 bits per heavy atom. The lowest BCUT2D eigenvalue weighted by atomic mass is 10.0. The molecule has 0 amide bonds. The highest BCUT2D eigenvalue weighted by molar-refractivity contribution is 7.89. The van der Waals surface area contributed by atoms with Gasteiger partial charge in [-0.25, -0.2) is 8.42 Å². The number of hydrogen-bond acceptors (Lipinski definition) is 2. The van der Waals surface area contributed by atoms with Gasteiger partial charge in [-0.1, -0.05) is 48.0 Å². The van der Waals surface area contributed by atoms with Crippen molar-refractivity contribution in [1.82, 2.24) is 4.31 Å². The van der Waals surface area contributed by atoms with E-state index in [-0.39, 0.29) is 0 Å². The fourth-order valence-electron chi connectivity index (χ4n) is 2.90. The van der Waals surface area contributed by atoms with Crippen molar-refractivity contribution in [3.63, 3.8) is 0 Å². The van der Waals surface area contributed by atoms with Gasteiger partial charge in [0.2, 0.25) is 10.0 Å². The highest BCUT2D eigenvalue weighted by Crippen LogP contribution is 2.23. The summed E-state index contributed by atoms with van der Waals surface area (Å²) in [6.07, 6.45) is 0. The molecule has 0 aliphatic heterocycles. The molecule has 3 rings (SSSR count). The van der Waals surface area contributed by atoms with Gasteiger partial charge < -0.3 is 0 Å². The van der Waals surface area contributed by atoms with Crippen molar-refractivity contribution in [2.45, 2.75) is 25.3 Å². The average Bonchev–Trinajstić information content (AvgIpc) is 2.55. The molecule has 0 aliphatic carbocycles. The van der Waals surface area contributed by atoms with Gasteiger partial charge in [0.25, 0.3) is 0 Å². The molecular formula is C20H21NO2S. The summed E-state index contributed by atoms with van der Waals surface area (Å²) in [5.74, 6) is 0. The zero-order valence-corrected chi connectivity index (χ0v) is 15.0. The molecule has 3 aromatic carbocycles. The summed E-state index contributed by atoms with van der Waals surface area (Å²) in [7, 11) is -1.86. The molecule has 0 N–H and O–H groups in total. The molecule has 24 heavy (non-hydrogen) atoms. The van der Waals surface area contributed by atoms with Crippen molar-refractivity contribution in [1.29, 1.82) is 0 Å². The Balaban J connectivity index is 1.91. The predicted molar refractivity (Wildman–Crippen MR) is 98.5 cm³/mol. The minimum absolute atomic E-state index is 0.327. The largest absolute Gasteiger partial charge is 0.243 e. The first-order valence-corrected chi connectivity index (χ1v) is 9.33. The second kappa shape index (κ2) is 6.38. The van der Waals surface area contributed by atoms with Crippen LogP contribution < -0.4 is 0 Å². The van der Waals surface area contributed by atoms with Crippen molar-refractivity contribution in [2.75, 3.05) is 7.05 Å². The van der Waals surface area contributed by atoms with Crippen LogP contribution in [0.4, 0.5) is 0 Å². The molecular weight excluding hydrogens is 318 g/mol. The highest BCUT2D eigenvalue weighted by Gasteiger charge is 2.20. The van der Waals surface area contributed by atoms with Crippen LogP contribution in [-0.2, 0) is 16.6 Å². The lowest BCUT2D eigenvalue weighted by Gasteiger charge is -2.18. The lowest BCUT2D eigenvalue weighted by molar-refractivity contribution is 0.467. The van der Waals surface area contributed by atoms with Gasteiger partial charge in [0.05, 0.1) is 4.90 Å². The molecule has 4 heteroatoms. The van der Waals surface area contributed by atoms with Crippen LogP contribution >= 0.6 is 0 Å². The van der Waals surface area contributed by atoms with Crippen LogP contribution in [0.15, 0.2) is 65.6 Å². The van der Waals surface area contributed by atoms with Crippen LogP contribution in [-0.4, -0.2) is 19.8 Å². The first-order chi connectivity index (χ1) is 11.4. The number of aryl methyl sites for hydroxylation is 2. The Labute approximate surface area is 143 Å². The van der Waals surface area contributed by atoms with Gasteiger partial charge in [0, 0.05) is 13.6 Å². The van der Waals surface area contributed by atoms with E-state index < -0.39 is 10.0 Å². The third-order valence-electron chi connectivity index (χ3n) is 4.26. The standard InChI is InChI=1S/C20H21NO2S/c1-15-8-10-19(11-9-15)24(22,23)21(3)14-17-12-16(2)20-7-5-4-6-18(20)13-17/h4-13H,14H2,1-3H3. The molecule has 0 unspecified atom stereocenters. The third-order valence-corrected chi connectivity index (χ3v) is 6.08. The number of rotatable bonds is 4. The SMILES string of the molecule is Cc1ccc(S(=O)(=O)N(C)Cc2cc(C)c3ccccc3c2)cc1. The van der Waals surface area contributed by atoms with Gasteiger partial charge in [0.15, 0.2) is 0 Å². The van der Waals surface area contributed by atoms with E-state index in [2.05, 4.69) is 31.2 Å². The van der Waals surface area contributed by atoms with Crippen molar-refractivity contribution >= 4 is 20.8 Å². The molecule has 3 nitrogen and oxygen atoms in total. The molecule has 0 aliphatic rings. The Kier molecular flexibility index (Phi) is 4.43. The maximum absolute atomic E-state index is 12.7. The van der Waals surface area contributed by atoms with E-state index >= 15 is 0 Å². The van der Waals surface area contributed by atoms with Crippen molar-refractivity contribution in [3.05, 3.63) is 77.4 Å². The lowest BCUT2D eigenvalue weighted by Crippen LogP contribution is -2.26. The molecule has 0 saturated heterocycles. The topological polar surface area (TPSA) is 37.4 Å². The van der Waals surface area contributed by atoms with Gasteiger partial charge in [-0.15, -0.1) is 0 Å². The van der Waals surface area contributed by atoms with Gasteiger partial charge in [-0.05, 0) is 53.9 Å². The molecule has 124 valence electrons. The van der Waals surface area contributed by atoms with E-state index in [1.54, 1.807) is 19.2 Å². The Hall–Kier alpha value is -2.17. The van der Waals surface area contributed by atoms with E-state index in [9.17, 15) is 8.42 Å². The van der Waals surface area contributed by atoms with E-state index in [0.717, 1.165) is 22.1 Å². The van der Waals surface area contributed by atoms with Gasteiger partial charge in [0.1, 0.15) is 0 Å². The monoisotopic (exact) mass is 339 g/mol. The molecule has 0 saturated carbocycles.